The fourth-order valence-corrected chi connectivity index (χ4v) is 2.82. The van der Waals surface area contributed by atoms with Gasteiger partial charge in [0.1, 0.15) is 18.1 Å². The SMILES string of the molecule is Cc1[nH]cnc1C(=O)N(CCOc1ccccc1)C[C@H]1CCCO1. The molecule has 6 heteroatoms. The largest absolute Gasteiger partial charge is 0.492 e. The Bertz CT molecular complexity index is 651. The zero-order valence-corrected chi connectivity index (χ0v) is 13.9. The van der Waals surface area contributed by atoms with Crippen molar-refractivity contribution in [2.45, 2.75) is 25.9 Å². The maximum absolute atomic E-state index is 12.8. The lowest BCUT2D eigenvalue weighted by molar-refractivity contribution is 0.0489. The topological polar surface area (TPSA) is 67.5 Å². The second-order valence-corrected chi connectivity index (χ2v) is 5.92. The average molecular weight is 329 g/mol. The van der Waals surface area contributed by atoms with Crippen LogP contribution >= 0.6 is 0 Å². The number of aromatic nitrogens is 2. The Morgan fingerprint density at radius 1 is 1.42 bits per heavy atom. The molecule has 24 heavy (non-hydrogen) atoms. The van der Waals surface area contributed by atoms with Crippen LogP contribution in [0.15, 0.2) is 36.7 Å². The number of amides is 1. The number of carbonyl (C=O) groups is 1. The number of aromatic amines is 1. The van der Waals surface area contributed by atoms with Gasteiger partial charge in [-0.25, -0.2) is 4.98 Å². The van der Waals surface area contributed by atoms with Gasteiger partial charge in [-0.1, -0.05) is 18.2 Å². The third kappa shape index (κ3) is 4.14. The van der Waals surface area contributed by atoms with Gasteiger partial charge in [-0.05, 0) is 31.9 Å². The third-order valence-corrected chi connectivity index (χ3v) is 4.14. The Hall–Kier alpha value is -2.34. The van der Waals surface area contributed by atoms with Gasteiger partial charge in [-0.2, -0.15) is 0 Å². The minimum Gasteiger partial charge on any atom is -0.492 e. The fraction of sp³-hybridized carbons (Fsp3) is 0.444. The standard InChI is InChI=1S/C18H23N3O3/c1-14-17(20-13-19-14)18(22)21(12-16-8-5-10-23-16)9-11-24-15-6-3-2-4-7-15/h2-4,6-7,13,16H,5,8-12H2,1H3,(H,19,20)/t16-/m1/s1. The van der Waals surface area contributed by atoms with Crippen molar-refractivity contribution in [3.63, 3.8) is 0 Å². The number of imidazole rings is 1. The first-order valence-electron chi connectivity index (χ1n) is 8.33. The summed E-state index contributed by atoms with van der Waals surface area (Å²) >= 11 is 0. The molecule has 1 saturated heterocycles. The lowest BCUT2D eigenvalue weighted by Crippen LogP contribution is -2.40. The highest BCUT2D eigenvalue weighted by atomic mass is 16.5. The van der Waals surface area contributed by atoms with Crippen LogP contribution < -0.4 is 4.74 Å². The third-order valence-electron chi connectivity index (χ3n) is 4.14. The summed E-state index contributed by atoms with van der Waals surface area (Å²) < 4.78 is 11.4. The summed E-state index contributed by atoms with van der Waals surface area (Å²) in [7, 11) is 0. The molecule has 0 aliphatic carbocycles. The van der Waals surface area contributed by atoms with E-state index in [0.717, 1.165) is 30.9 Å². The molecule has 1 aromatic carbocycles. The Balaban J connectivity index is 1.62. The van der Waals surface area contributed by atoms with E-state index in [2.05, 4.69) is 9.97 Å². The molecule has 2 heterocycles. The Morgan fingerprint density at radius 3 is 2.92 bits per heavy atom. The first-order chi connectivity index (χ1) is 11.7. The van der Waals surface area contributed by atoms with E-state index in [-0.39, 0.29) is 12.0 Å². The number of hydrogen-bond donors (Lipinski definition) is 1. The Labute approximate surface area is 141 Å². The molecule has 0 spiro atoms. The maximum Gasteiger partial charge on any atom is 0.274 e. The van der Waals surface area contributed by atoms with E-state index in [9.17, 15) is 4.79 Å². The zero-order chi connectivity index (χ0) is 16.8. The van der Waals surface area contributed by atoms with Gasteiger partial charge in [0.05, 0.1) is 19.0 Å². The van der Waals surface area contributed by atoms with Crippen molar-refractivity contribution >= 4 is 5.91 Å². The van der Waals surface area contributed by atoms with E-state index < -0.39 is 0 Å². The predicted octanol–water partition coefficient (Wildman–Crippen LogP) is 2.42. The van der Waals surface area contributed by atoms with Crippen LogP contribution in [0.2, 0.25) is 0 Å². The van der Waals surface area contributed by atoms with Crippen molar-refractivity contribution in [1.82, 2.24) is 14.9 Å². The first-order valence-corrected chi connectivity index (χ1v) is 8.33. The molecule has 0 saturated carbocycles. The van der Waals surface area contributed by atoms with Crippen LogP contribution in [0.25, 0.3) is 0 Å². The minimum atomic E-state index is -0.0825. The van der Waals surface area contributed by atoms with E-state index >= 15 is 0 Å². The summed E-state index contributed by atoms with van der Waals surface area (Å²) in [5.74, 6) is 0.721. The number of para-hydroxylation sites is 1. The van der Waals surface area contributed by atoms with Gasteiger partial charge in [0, 0.05) is 18.8 Å². The van der Waals surface area contributed by atoms with Crippen LogP contribution in [0.5, 0.6) is 5.75 Å². The van der Waals surface area contributed by atoms with Gasteiger partial charge in [0.2, 0.25) is 0 Å². The molecule has 0 unspecified atom stereocenters. The quantitative estimate of drug-likeness (QED) is 0.847. The van der Waals surface area contributed by atoms with E-state index in [1.807, 2.05) is 37.3 Å². The summed E-state index contributed by atoms with van der Waals surface area (Å²) in [6.07, 6.45) is 3.69. The van der Waals surface area contributed by atoms with E-state index in [1.54, 1.807) is 11.2 Å². The maximum atomic E-state index is 12.8. The van der Waals surface area contributed by atoms with Crippen molar-refractivity contribution < 1.29 is 14.3 Å². The number of benzene rings is 1. The number of aryl methyl sites for hydroxylation is 1. The van der Waals surface area contributed by atoms with Crippen LogP contribution in [0.3, 0.4) is 0 Å². The summed E-state index contributed by atoms with van der Waals surface area (Å²) in [5, 5.41) is 0. The van der Waals surface area contributed by atoms with Crippen molar-refractivity contribution in [2.24, 2.45) is 0 Å². The monoisotopic (exact) mass is 329 g/mol. The molecule has 128 valence electrons. The zero-order valence-electron chi connectivity index (χ0n) is 13.9. The fourth-order valence-electron chi connectivity index (χ4n) is 2.82. The molecule has 0 radical (unpaired) electrons. The second kappa shape index (κ2) is 7.97. The normalized spacial score (nSPS) is 17.0. The molecule has 1 aromatic heterocycles. The van der Waals surface area contributed by atoms with Gasteiger partial charge >= 0.3 is 0 Å². The second-order valence-electron chi connectivity index (χ2n) is 5.92. The number of carbonyl (C=O) groups excluding carboxylic acids is 1. The van der Waals surface area contributed by atoms with Crippen molar-refractivity contribution in [3.8, 4) is 5.75 Å². The van der Waals surface area contributed by atoms with Crippen LogP contribution in [-0.4, -0.2) is 53.2 Å². The highest BCUT2D eigenvalue weighted by Crippen LogP contribution is 2.16. The summed E-state index contributed by atoms with van der Waals surface area (Å²) in [4.78, 5) is 21.7. The van der Waals surface area contributed by atoms with Gasteiger partial charge in [-0.15, -0.1) is 0 Å². The molecule has 2 aromatic rings. The number of hydrogen-bond acceptors (Lipinski definition) is 4. The molecule has 1 N–H and O–H groups in total. The molecule has 3 rings (SSSR count). The van der Waals surface area contributed by atoms with Gasteiger partial charge in [0.25, 0.3) is 5.91 Å². The number of nitrogens with one attached hydrogen (secondary N) is 1. The molecular formula is C18H23N3O3. The summed E-state index contributed by atoms with van der Waals surface area (Å²) in [5.41, 5.74) is 1.24. The lowest BCUT2D eigenvalue weighted by atomic mass is 10.2. The van der Waals surface area contributed by atoms with Gasteiger partial charge in [-0.3, -0.25) is 4.79 Å². The molecular weight excluding hydrogens is 306 g/mol. The van der Waals surface area contributed by atoms with Crippen LogP contribution in [0.1, 0.15) is 29.0 Å². The van der Waals surface area contributed by atoms with Gasteiger partial charge < -0.3 is 19.4 Å². The number of nitrogens with zero attached hydrogens (tertiary/aromatic N) is 2. The highest BCUT2D eigenvalue weighted by Gasteiger charge is 2.25. The number of rotatable bonds is 7. The van der Waals surface area contributed by atoms with Crippen molar-refractivity contribution in [2.75, 3.05) is 26.3 Å². The number of ether oxygens (including phenoxy) is 2. The van der Waals surface area contributed by atoms with Crippen molar-refractivity contribution in [3.05, 3.63) is 48.0 Å². The van der Waals surface area contributed by atoms with Gasteiger partial charge in [0.15, 0.2) is 0 Å². The van der Waals surface area contributed by atoms with Crippen molar-refractivity contribution in [1.29, 1.82) is 0 Å². The molecule has 1 aliphatic heterocycles. The molecule has 1 fully saturated rings. The highest BCUT2D eigenvalue weighted by molar-refractivity contribution is 5.93. The van der Waals surface area contributed by atoms with E-state index in [1.165, 1.54) is 0 Å². The number of H-pyrrole nitrogens is 1. The summed E-state index contributed by atoms with van der Waals surface area (Å²) in [6, 6.07) is 9.62. The average Bonchev–Trinajstić information content (AvgIpc) is 3.26. The Morgan fingerprint density at radius 2 is 2.25 bits per heavy atom. The molecule has 1 aliphatic rings. The van der Waals surface area contributed by atoms with Crippen LogP contribution in [0, 0.1) is 6.92 Å². The predicted molar refractivity (Wildman–Crippen MR) is 90.1 cm³/mol. The van der Waals surface area contributed by atoms with E-state index in [4.69, 9.17) is 9.47 Å². The minimum absolute atomic E-state index is 0.0825. The molecule has 0 bridgehead atoms. The smallest absolute Gasteiger partial charge is 0.274 e. The van der Waals surface area contributed by atoms with Crippen LogP contribution in [-0.2, 0) is 4.74 Å². The lowest BCUT2D eigenvalue weighted by Gasteiger charge is -2.25. The molecule has 1 amide bonds. The molecule has 6 nitrogen and oxygen atoms in total. The van der Waals surface area contributed by atoms with E-state index in [0.29, 0.717) is 25.4 Å². The first kappa shape index (κ1) is 16.5. The molecule has 1 atom stereocenters. The Kier molecular flexibility index (Phi) is 5.48. The van der Waals surface area contributed by atoms with Crippen LogP contribution in [0.4, 0.5) is 0 Å². The summed E-state index contributed by atoms with van der Waals surface area (Å²) in [6.45, 7) is 4.13.